The van der Waals surface area contributed by atoms with Crippen molar-refractivity contribution in [1.29, 1.82) is 5.26 Å². The number of amides is 1. The average Bonchev–Trinajstić information content (AvgIpc) is 2.80. The third kappa shape index (κ3) is 2.58. The van der Waals surface area contributed by atoms with Crippen molar-refractivity contribution in [1.82, 2.24) is 0 Å². The van der Waals surface area contributed by atoms with Crippen LogP contribution in [-0.4, -0.2) is 25.0 Å². The third-order valence-electron chi connectivity index (χ3n) is 3.00. The van der Waals surface area contributed by atoms with E-state index in [1.54, 1.807) is 31.2 Å². The van der Waals surface area contributed by atoms with Crippen LogP contribution in [0.25, 0.3) is 0 Å². The highest BCUT2D eigenvalue weighted by Crippen LogP contribution is 2.28. The fourth-order valence-electron chi connectivity index (χ4n) is 2.12. The molecule has 0 spiro atoms. The van der Waals surface area contributed by atoms with Gasteiger partial charge in [-0.1, -0.05) is 12.1 Å². The van der Waals surface area contributed by atoms with Gasteiger partial charge in [-0.3, -0.25) is 4.79 Å². The van der Waals surface area contributed by atoms with Crippen LogP contribution in [0.1, 0.15) is 23.7 Å². The van der Waals surface area contributed by atoms with Gasteiger partial charge >= 0.3 is 5.97 Å². The minimum Gasteiger partial charge on any atom is -0.462 e. The van der Waals surface area contributed by atoms with Crippen molar-refractivity contribution in [3.8, 4) is 6.07 Å². The Labute approximate surface area is 111 Å². The quantitative estimate of drug-likeness (QED) is 0.774. The van der Waals surface area contributed by atoms with Gasteiger partial charge in [-0.25, -0.2) is 4.79 Å². The number of carbonyl (C=O) groups excluding carboxylic acids is 2. The van der Waals surface area contributed by atoms with Crippen LogP contribution in [0.3, 0.4) is 0 Å². The number of carbonyl (C=O) groups is 2. The first kappa shape index (κ1) is 13.1. The van der Waals surface area contributed by atoms with Crippen LogP contribution in [0.5, 0.6) is 0 Å². The predicted octanol–water partition coefficient (Wildman–Crippen LogP) is 1.74. The first-order valence-electron chi connectivity index (χ1n) is 6.13. The molecule has 0 aliphatic carbocycles. The Balaban J connectivity index is 2.33. The van der Waals surface area contributed by atoms with Crippen molar-refractivity contribution >= 4 is 17.6 Å². The number of esters is 1. The van der Waals surface area contributed by atoms with Crippen LogP contribution < -0.4 is 4.90 Å². The Morgan fingerprint density at radius 1 is 1.53 bits per heavy atom. The second-order valence-corrected chi connectivity index (χ2v) is 4.27. The molecule has 98 valence electrons. The normalized spacial score (nSPS) is 18.2. The van der Waals surface area contributed by atoms with Crippen molar-refractivity contribution in [3.63, 3.8) is 0 Å². The number of nitrogens with zero attached hydrogens (tertiary/aromatic N) is 2. The number of hydrogen-bond acceptors (Lipinski definition) is 4. The summed E-state index contributed by atoms with van der Waals surface area (Å²) in [6, 6.07) is 8.89. The molecule has 1 amide bonds. The number of para-hydroxylation sites is 1. The molecule has 1 aromatic carbocycles. The summed E-state index contributed by atoms with van der Waals surface area (Å²) >= 11 is 0. The Morgan fingerprint density at radius 3 is 2.89 bits per heavy atom. The van der Waals surface area contributed by atoms with Gasteiger partial charge in [0.25, 0.3) is 0 Å². The van der Waals surface area contributed by atoms with E-state index in [0.29, 0.717) is 17.8 Å². The van der Waals surface area contributed by atoms with Gasteiger partial charge in [0.15, 0.2) is 0 Å². The Morgan fingerprint density at radius 2 is 2.26 bits per heavy atom. The van der Waals surface area contributed by atoms with Crippen LogP contribution in [-0.2, 0) is 9.53 Å². The van der Waals surface area contributed by atoms with E-state index in [4.69, 9.17) is 10.00 Å². The van der Waals surface area contributed by atoms with E-state index in [2.05, 4.69) is 6.07 Å². The van der Waals surface area contributed by atoms with E-state index in [-0.39, 0.29) is 24.9 Å². The lowest BCUT2D eigenvalue weighted by atomic mass is 10.1. The first-order valence-corrected chi connectivity index (χ1v) is 6.13. The van der Waals surface area contributed by atoms with E-state index in [0.717, 1.165) is 0 Å². The molecule has 0 bridgehead atoms. The maximum absolute atomic E-state index is 11.9. The summed E-state index contributed by atoms with van der Waals surface area (Å²) in [5, 5.41) is 8.89. The molecule has 0 saturated carbocycles. The molecule has 1 fully saturated rings. The lowest BCUT2D eigenvalue weighted by Gasteiger charge is -2.18. The number of benzene rings is 1. The summed E-state index contributed by atoms with van der Waals surface area (Å²) in [7, 11) is 0. The third-order valence-corrected chi connectivity index (χ3v) is 3.00. The molecule has 1 unspecified atom stereocenters. The fourth-order valence-corrected chi connectivity index (χ4v) is 2.12. The summed E-state index contributed by atoms with van der Waals surface area (Å²) in [6.07, 6.45) is 0.202. The zero-order chi connectivity index (χ0) is 13.8. The molecule has 0 aromatic heterocycles. The maximum Gasteiger partial charge on any atom is 0.340 e. The summed E-state index contributed by atoms with van der Waals surface area (Å²) in [6.45, 7) is 2.33. The number of hydrogen-bond donors (Lipinski definition) is 0. The lowest BCUT2D eigenvalue weighted by Crippen LogP contribution is -2.26. The highest BCUT2D eigenvalue weighted by molar-refractivity contribution is 6.03. The first-order chi connectivity index (χ1) is 9.17. The molecule has 1 heterocycles. The molecule has 0 N–H and O–H groups in total. The van der Waals surface area contributed by atoms with Gasteiger partial charge in [0.2, 0.25) is 5.91 Å². The second kappa shape index (κ2) is 5.53. The molecule has 1 saturated heterocycles. The molecule has 1 aromatic rings. The van der Waals surface area contributed by atoms with E-state index in [9.17, 15) is 9.59 Å². The smallest absolute Gasteiger partial charge is 0.340 e. The van der Waals surface area contributed by atoms with E-state index < -0.39 is 5.97 Å². The van der Waals surface area contributed by atoms with Crippen molar-refractivity contribution in [2.75, 3.05) is 18.1 Å². The zero-order valence-electron chi connectivity index (χ0n) is 10.6. The van der Waals surface area contributed by atoms with E-state index in [1.807, 2.05) is 0 Å². The minimum atomic E-state index is -0.452. The molecule has 5 nitrogen and oxygen atoms in total. The monoisotopic (exact) mass is 258 g/mol. The maximum atomic E-state index is 11.9. The van der Waals surface area contributed by atoms with Crippen LogP contribution in [0.2, 0.25) is 0 Å². The Kier molecular flexibility index (Phi) is 3.81. The molecule has 19 heavy (non-hydrogen) atoms. The predicted molar refractivity (Wildman–Crippen MR) is 68.5 cm³/mol. The fraction of sp³-hybridized carbons (Fsp3) is 0.357. The van der Waals surface area contributed by atoms with Crippen molar-refractivity contribution in [2.24, 2.45) is 5.92 Å². The molecule has 5 heteroatoms. The molecule has 1 aliphatic heterocycles. The average molecular weight is 258 g/mol. The van der Waals surface area contributed by atoms with Gasteiger partial charge in [0.05, 0.1) is 29.8 Å². The minimum absolute atomic E-state index is 0.136. The number of ether oxygens (including phenoxy) is 1. The largest absolute Gasteiger partial charge is 0.462 e. The van der Waals surface area contributed by atoms with Gasteiger partial charge in [-0.2, -0.15) is 5.26 Å². The molecule has 2 rings (SSSR count). The van der Waals surface area contributed by atoms with Crippen LogP contribution >= 0.6 is 0 Å². The van der Waals surface area contributed by atoms with Gasteiger partial charge in [0, 0.05) is 13.0 Å². The van der Waals surface area contributed by atoms with Crippen LogP contribution in [0.15, 0.2) is 24.3 Å². The Hall–Kier alpha value is -2.35. The van der Waals surface area contributed by atoms with Gasteiger partial charge in [-0.05, 0) is 19.1 Å². The molecule has 1 aliphatic rings. The van der Waals surface area contributed by atoms with Gasteiger partial charge < -0.3 is 9.64 Å². The van der Waals surface area contributed by atoms with E-state index in [1.165, 1.54) is 4.90 Å². The topological polar surface area (TPSA) is 70.4 Å². The van der Waals surface area contributed by atoms with E-state index >= 15 is 0 Å². The van der Waals surface area contributed by atoms with Crippen molar-refractivity contribution < 1.29 is 14.3 Å². The van der Waals surface area contributed by atoms with Crippen molar-refractivity contribution in [3.05, 3.63) is 29.8 Å². The van der Waals surface area contributed by atoms with Crippen LogP contribution in [0, 0.1) is 17.2 Å². The highest BCUT2D eigenvalue weighted by atomic mass is 16.5. The summed E-state index contributed by atoms with van der Waals surface area (Å²) in [5.74, 6) is -0.905. The molecular weight excluding hydrogens is 244 g/mol. The number of rotatable bonds is 3. The second-order valence-electron chi connectivity index (χ2n) is 4.27. The lowest BCUT2D eigenvalue weighted by molar-refractivity contribution is -0.117. The standard InChI is InChI=1S/C14H14N2O3/c1-2-19-14(18)11-5-3-4-6-12(11)16-9-10(8-15)7-13(16)17/h3-6,10H,2,7,9H2,1H3. The Bertz CT molecular complexity index is 548. The van der Waals surface area contributed by atoms with Crippen molar-refractivity contribution in [2.45, 2.75) is 13.3 Å². The number of anilines is 1. The number of nitriles is 1. The van der Waals surface area contributed by atoms with Gasteiger partial charge in [-0.15, -0.1) is 0 Å². The molecule has 0 radical (unpaired) electrons. The highest BCUT2D eigenvalue weighted by Gasteiger charge is 2.32. The molecular formula is C14H14N2O3. The summed E-state index contributed by atoms with van der Waals surface area (Å²) in [5.41, 5.74) is 0.875. The summed E-state index contributed by atoms with van der Waals surface area (Å²) < 4.78 is 4.97. The zero-order valence-corrected chi connectivity index (χ0v) is 10.6. The molecule has 1 atom stereocenters. The SMILES string of the molecule is CCOC(=O)c1ccccc1N1CC(C#N)CC1=O. The summed E-state index contributed by atoms with van der Waals surface area (Å²) in [4.78, 5) is 25.2. The van der Waals surface area contributed by atoms with Crippen LogP contribution in [0.4, 0.5) is 5.69 Å². The van der Waals surface area contributed by atoms with Gasteiger partial charge in [0.1, 0.15) is 0 Å².